The van der Waals surface area contributed by atoms with Crippen LogP contribution in [0.15, 0.2) is 36.4 Å². The van der Waals surface area contributed by atoms with Crippen LogP contribution in [0.25, 0.3) is 0 Å². The van der Waals surface area contributed by atoms with Gasteiger partial charge in [-0.3, -0.25) is 4.79 Å². The maximum Gasteiger partial charge on any atom is 0.332 e. The van der Waals surface area contributed by atoms with Crippen molar-refractivity contribution in [3.8, 4) is 0 Å². The highest BCUT2D eigenvalue weighted by atomic mass is 16.4. The Morgan fingerprint density at radius 3 is 2.59 bits per heavy atom. The maximum atomic E-state index is 10.9. The Morgan fingerprint density at radius 2 is 2.00 bits per heavy atom. The Bertz CT molecular complexity index is 455. The highest BCUT2D eigenvalue weighted by Crippen LogP contribution is 2.15. The number of carbonyl (C=O) groups excluding carboxylic acids is 1. The molecule has 1 amide bonds. The highest BCUT2D eigenvalue weighted by molar-refractivity contribution is 5.89. The van der Waals surface area contributed by atoms with Gasteiger partial charge < -0.3 is 15.7 Å². The molecule has 5 nitrogen and oxygen atoms in total. The fourth-order valence-corrected chi connectivity index (χ4v) is 1.19. The van der Waals surface area contributed by atoms with Gasteiger partial charge in [0.1, 0.15) is 0 Å². The number of benzene rings is 1. The lowest BCUT2D eigenvalue weighted by atomic mass is 10.2. The molecule has 0 aliphatic heterocycles. The van der Waals surface area contributed by atoms with Crippen molar-refractivity contribution in [2.45, 2.75) is 6.92 Å². The van der Waals surface area contributed by atoms with Crippen LogP contribution < -0.4 is 10.6 Å². The lowest BCUT2D eigenvalue weighted by molar-refractivity contribution is -0.132. The Kier molecular flexibility index (Phi) is 4.28. The minimum atomic E-state index is -1.03. The molecule has 0 spiro atoms. The van der Waals surface area contributed by atoms with Gasteiger partial charge in [0.25, 0.3) is 0 Å². The van der Waals surface area contributed by atoms with E-state index in [0.29, 0.717) is 5.69 Å². The van der Waals surface area contributed by atoms with Gasteiger partial charge in [0, 0.05) is 30.4 Å². The summed E-state index contributed by atoms with van der Waals surface area (Å²) in [4.78, 5) is 21.4. The van der Waals surface area contributed by atoms with Crippen molar-refractivity contribution < 1.29 is 14.7 Å². The molecule has 0 atom stereocenters. The molecule has 0 aliphatic carbocycles. The SMILES string of the molecule is C=C(CNc1cccc(NC(C)=O)c1)C(=O)O. The molecule has 90 valence electrons. The summed E-state index contributed by atoms with van der Waals surface area (Å²) in [5.41, 5.74) is 1.46. The number of amides is 1. The Morgan fingerprint density at radius 1 is 1.35 bits per heavy atom. The van der Waals surface area contributed by atoms with Crippen LogP contribution in [0.1, 0.15) is 6.92 Å². The third kappa shape index (κ3) is 4.38. The number of hydrogen-bond donors (Lipinski definition) is 3. The first-order valence-corrected chi connectivity index (χ1v) is 5.01. The number of aliphatic carboxylic acids is 1. The van der Waals surface area contributed by atoms with Crippen molar-refractivity contribution in [2.24, 2.45) is 0 Å². The largest absolute Gasteiger partial charge is 0.478 e. The first kappa shape index (κ1) is 12.8. The number of carboxylic acids is 1. The molecule has 5 heteroatoms. The van der Waals surface area contributed by atoms with Gasteiger partial charge in [-0.05, 0) is 18.2 Å². The lowest BCUT2D eigenvalue weighted by Gasteiger charge is -2.08. The van der Waals surface area contributed by atoms with Gasteiger partial charge in [0.15, 0.2) is 0 Å². The van der Waals surface area contributed by atoms with Crippen molar-refractivity contribution in [3.05, 3.63) is 36.4 Å². The summed E-state index contributed by atoms with van der Waals surface area (Å²) in [6, 6.07) is 7.01. The van der Waals surface area contributed by atoms with Crippen molar-refractivity contribution in [1.29, 1.82) is 0 Å². The van der Waals surface area contributed by atoms with Gasteiger partial charge in [-0.25, -0.2) is 4.79 Å². The van der Waals surface area contributed by atoms with Crippen LogP contribution in [-0.4, -0.2) is 23.5 Å². The molecule has 0 bridgehead atoms. The first-order chi connectivity index (χ1) is 7.99. The van der Waals surface area contributed by atoms with E-state index < -0.39 is 5.97 Å². The molecule has 1 aromatic carbocycles. The second-order valence-corrected chi connectivity index (χ2v) is 3.52. The summed E-state index contributed by atoms with van der Waals surface area (Å²) in [6.07, 6.45) is 0. The Labute approximate surface area is 99.1 Å². The van der Waals surface area contributed by atoms with E-state index in [1.807, 2.05) is 0 Å². The third-order valence-corrected chi connectivity index (χ3v) is 1.99. The van der Waals surface area contributed by atoms with Crippen LogP contribution in [0, 0.1) is 0 Å². The van der Waals surface area contributed by atoms with E-state index >= 15 is 0 Å². The molecule has 0 radical (unpaired) electrons. The van der Waals surface area contributed by atoms with E-state index in [-0.39, 0.29) is 18.0 Å². The molecule has 0 heterocycles. The molecule has 1 aromatic rings. The van der Waals surface area contributed by atoms with E-state index in [2.05, 4.69) is 17.2 Å². The maximum absolute atomic E-state index is 10.9. The zero-order chi connectivity index (χ0) is 12.8. The predicted octanol–water partition coefficient (Wildman–Crippen LogP) is 1.70. The van der Waals surface area contributed by atoms with Crippen LogP contribution >= 0.6 is 0 Å². The molecule has 0 aliphatic rings. The number of anilines is 2. The molecule has 17 heavy (non-hydrogen) atoms. The summed E-state index contributed by atoms with van der Waals surface area (Å²) in [5.74, 6) is -1.19. The van der Waals surface area contributed by atoms with Gasteiger partial charge in [0.2, 0.25) is 5.91 Å². The van der Waals surface area contributed by atoms with Crippen molar-refractivity contribution >= 4 is 23.3 Å². The predicted molar refractivity (Wildman–Crippen MR) is 66.0 cm³/mol. The Hall–Kier alpha value is -2.30. The fraction of sp³-hybridized carbons (Fsp3) is 0.167. The number of hydrogen-bond acceptors (Lipinski definition) is 3. The van der Waals surface area contributed by atoms with Gasteiger partial charge >= 0.3 is 5.97 Å². The molecule has 0 saturated carbocycles. The van der Waals surface area contributed by atoms with Crippen LogP contribution in [-0.2, 0) is 9.59 Å². The minimum absolute atomic E-state index is 0.0786. The molecule has 0 saturated heterocycles. The van der Waals surface area contributed by atoms with Gasteiger partial charge in [-0.1, -0.05) is 12.6 Å². The minimum Gasteiger partial charge on any atom is -0.478 e. The molecular weight excluding hydrogens is 220 g/mol. The van der Waals surface area contributed by atoms with E-state index in [1.165, 1.54) is 6.92 Å². The lowest BCUT2D eigenvalue weighted by Crippen LogP contribution is -2.11. The van der Waals surface area contributed by atoms with E-state index in [0.717, 1.165) is 5.69 Å². The quantitative estimate of drug-likeness (QED) is 0.677. The zero-order valence-electron chi connectivity index (χ0n) is 9.49. The highest BCUT2D eigenvalue weighted by Gasteiger charge is 2.03. The van der Waals surface area contributed by atoms with Crippen LogP contribution in [0.3, 0.4) is 0 Å². The molecule has 0 fully saturated rings. The zero-order valence-corrected chi connectivity index (χ0v) is 9.49. The van der Waals surface area contributed by atoms with E-state index in [1.54, 1.807) is 24.3 Å². The average Bonchev–Trinajstić information content (AvgIpc) is 2.25. The normalized spacial score (nSPS) is 9.47. The van der Waals surface area contributed by atoms with E-state index in [9.17, 15) is 9.59 Å². The van der Waals surface area contributed by atoms with Gasteiger partial charge in [-0.2, -0.15) is 0 Å². The second-order valence-electron chi connectivity index (χ2n) is 3.52. The Balaban J connectivity index is 2.63. The summed E-state index contributed by atoms with van der Waals surface area (Å²) < 4.78 is 0. The molecule has 0 aromatic heterocycles. The van der Waals surface area contributed by atoms with Crippen molar-refractivity contribution in [3.63, 3.8) is 0 Å². The number of carboxylic acid groups (broad SMARTS) is 1. The summed E-state index contributed by atoms with van der Waals surface area (Å²) in [7, 11) is 0. The van der Waals surface area contributed by atoms with E-state index in [4.69, 9.17) is 5.11 Å². The van der Waals surface area contributed by atoms with Crippen molar-refractivity contribution in [1.82, 2.24) is 0 Å². The van der Waals surface area contributed by atoms with Crippen molar-refractivity contribution in [2.75, 3.05) is 17.2 Å². The van der Waals surface area contributed by atoms with Crippen LogP contribution in [0.5, 0.6) is 0 Å². The molecular formula is C12H14N2O3. The van der Waals surface area contributed by atoms with Gasteiger partial charge in [0.05, 0.1) is 0 Å². The summed E-state index contributed by atoms with van der Waals surface area (Å²) >= 11 is 0. The smallest absolute Gasteiger partial charge is 0.332 e. The average molecular weight is 234 g/mol. The number of rotatable bonds is 5. The van der Waals surface area contributed by atoms with Crippen LogP contribution in [0.4, 0.5) is 11.4 Å². The monoisotopic (exact) mass is 234 g/mol. The fourth-order valence-electron chi connectivity index (χ4n) is 1.19. The summed E-state index contributed by atoms with van der Waals surface area (Å²) in [5, 5.41) is 14.2. The number of nitrogens with one attached hydrogen (secondary N) is 2. The van der Waals surface area contributed by atoms with Gasteiger partial charge in [-0.15, -0.1) is 0 Å². The third-order valence-electron chi connectivity index (χ3n) is 1.99. The molecule has 3 N–H and O–H groups in total. The first-order valence-electron chi connectivity index (χ1n) is 5.01. The standard InChI is InChI=1S/C12H14N2O3/c1-8(12(16)17)7-13-10-4-3-5-11(6-10)14-9(2)15/h3-6,13H,1,7H2,2H3,(H,14,15)(H,16,17). The number of carbonyl (C=O) groups is 2. The van der Waals surface area contributed by atoms with Crippen LogP contribution in [0.2, 0.25) is 0 Å². The summed E-state index contributed by atoms with van der Waals surface area (Å²) in [6.45, 7) is 4.98. The topological polar surface area (TPSA) is 78.4 Å². The second kappa shape index (κ2) is 5.69. The molecule has 1 rings (SSSR count). The molecule has 0 unspecified atom stereocenters.